The molecule has 0 aromatic heterocycles. The number of nitrogens with zero attached hydrogens (tertiary/aromatic N) is 1. The number of nitrogens with one attached hydrogen (secondary N) is 2. The van der Waals surface area contributed by atoms with Crippen LogP contribution in [0.4, 0.5) is 11.4 Å². The summed E-state index contributed by atoms with van der Waals surface area (Å²) in [6.45, 7) is 3.58. The summed E-state index contributed by atoms with van der Waals surface area (Å²) in [5.41, 5.74) is 3.43. The Labute approximate surface area is 158 Å². The Morgan fingerprint density at radius 1 is 1.00 bits per heavy atom. The van der Waals surface area contributed by atoms with Gasteiger partial charge in [0.05, 0.1) is 12.5 Å². The molecule has 2 N–H and O–H groups in total. The predicted molar refractivity (Wildman–Crippen MR) is 104 cm³/mol. The van der Waals surface area contributed by atoms with E-state index < -0.39 is 0 Å². The largest absolute Gasteiger partial charge is 0.335 e. The van der Waals surface area contributed by atoms with Gasteiger partial charge >= 0.3 is 0 Å². The van der Waals surface area contributed by atoms with Crippen LogP contribution in [0.25, 0.3) is 0 Å². The number of rotatable bonds is 4. The van der Waals surface area contributed by atoms with Gasteiger partial charge in [-0.1, -0.05) is 30.3 Å². The molecule has 0 saturated heterocycles. The number of carbonyl (C=O) groups is 3. The third kappa shape index (κ3) is 4.53. The summed E-state index contributed by atoms with van der Waals surface area (Å²) in [7, 11) is 0. The first-order valence-electron chi connectivity index (χ1n) is 8.96. The van der Waals surface area contributed by atoms with Crippen LogP contribution in [0.5, 0.6) is 0 Å². The second-order valence-electron chi connectivity index (χ2n) is 6.69. The van der Waals surface area contributed by atoms with Crippen molar-refractivity contribution in [1.29, 1.82) is 0 Å². The van der Waals surface area contributed by atoms with Gasteiger partial charge in [0.15, 0.2) is 0 Å². The van der Waals surface area contributed by atoms with Gasteiger partial charge in [0.1, 0.15) is 0 Å². The first kappa shape index (κ1) is 18.6. The number of fused-ring (bicyclic) bond motifs is 1. The van der Waals surface area contributed by atoms with Crippen molar-refractivity contribution in [2.24, 2.45) is 0 Å². The fourth-order valence-corrected chi connectivity index (χ4v) is 3.51. The SMILES string of the molecule is CC(=O)Nc1cccc(NC(=O)CC2c3ccccc3CCN2C(C)=O)c1. The van der Waals surface area contributed by atoms with Crippen LogP contribution in [0.15, 0.2) is 48.5 Å². The zero-order chi connectivity index (χ0) is 19.4. The molecule has 3 rings (SSSR count). The molecule has 2 aromatic rings. The molecule has 1 atom stereocenters. The molecule has 0 saturated carbocycles. The van der Waals surface area contributed by atoms with Gasteiger partial charge in [-0.3, -0.25) is 14.4 Å². The van der Waals surface area contributed by atoms with Gasteiger partial charge in [0, 0.05) is 31.8 Å². The summed E-state index contributed by atoms with van der Waals surface area (Å²) in [5, 5.41) is 5.56. The van der Waals surface area contributed by atoms with E-state index in [1.54, 1.807) is 29.2 Å². The molecule has 27 heavy (non-hydrogen) atoms. The molecular formula is C21H23N3O3. The maximum absolute atomic E-state index is 12.7. The number of benzene rings is 2. The summed E-state index contributed by atoms with van der Waals surface area (Å²) >= 11 is 0. The highest BCUT2D eigenvalue weighted by molar-refractivity contribution is 5.94. The van der Waals surface area contributed by atoms with Crippen LogP contribution in [0.3, 0.4) is 0 Å². The highest BCUT2D eigenvalue weighted by atomic mass is 16.2. The lowest BCUT2D eigenvalue weighted by Crippen LogP contribution is -2.40. The standard InChI is InChI=1S/C21H23N3O3/c1-14(25)22-17-7-5-8-18(12-17)23-21(27)13-20-19-9-4-3-6-16(19)10-11-24(20)15(2)26/h3-9,12,20H,10-11,13H2,1-2H3,(H,22,25)(H,23,27). The van der Waals surface area contributed by atoms with E-state index in [1.807, 2.05) is 18.2 Å². The van der Waals surface area contributed by atoms with Crippen molar-refractivity contribution in [3.8, 4) is 0 Å². The molecule has 0 radical (unpaired) electrons. The second kappa shape index (κ2) is 8.03. The number of amides is 3. The zero-order valence-corrected chi connectivity index (χ0v) is 15.5. The van der Waals surface area contributed by atoms with Gasteiger partial charge in [-0.05, 0) is 35.7 Å². The van der Waals surface area contributed by atoms with Gasteiger partial charge < -0.3 is 15.5 Å². The first-order chi connectivity index (χ1) is 12.9. The van der Waals surface area contributed by atoms with Crippen molar-refractivity contribution in [2.45, 2.75) is 32.7 Å². The van der Waals surface area contributed by atoms with E-state index in [0.29, 0.717) is 17.9 Å². The van der Waals surface area contributed by atoms with E-state index in [2.05, 4.69) is 16.7 Å². The Balaban J connectivity index is 1.76. The monoisotopic (exact) mass is 365 g/mol. The summed E-state index contributed by atoms with van der Waals surface area (Å²) in [6, 6.07) is 14.7. The van der Waals surface area contributed by atoms with E-state index in [4.69, 9.17) is 0 Å². The minimum absolute atomic E-state index is 0.0324. The fraction of sp³-hybridized carbons (Fsp3) is 0.286. The smallest absolute Gasteiger partial charge is 0.226 e. The van der Waals surface area contributed by atoms with E-state index in [0.717, 1.165) is 12.0 Å². The molecular weight excluding hydrogens is 342 g/mol. The maximum Gasteiger partial charge on any atom is 0.226 e. The average molecular weight is 365 g/mol. The molecule has 0 bridgehead atoms. The molecule has 1 heterocycles. The van der Waals surface area contributed by atoms with Gasteiger partial charge in [-0.25, -0.2) is 0 Å². The number of hydrogen-bond acceptors (Lipinski definition) is 3. The molecule has 0 spiro atoms. The molecule has 140 valence electrons. The average Bonchev–Trinajstić information content (AvgIpc) is 2.61. The molecule has 0 aliphatic carbocycles. The van der Waals surface area contributed by atoms with Crippen molar-refractivity contribution < 1.29 is 14.4 Å². The van der Waals surface area contributed by atoms with E-state index in [1.165, 1.54) is 19.4 Å². The maximum atomic E-state index is 12.7. The van der Waals surface area contributed by atoms with Gasteiger partial charge in [0.2, 0.25) is 17.7 Å². The summed E-state index contributed by atoms with van der Waals surface area (Å²) in [4.78, 5) is 37.7. The highest BCUT2D eigenvalue weighted by Gasteiger charge is 2.30. The van der Waals surface area contributed by atoms with Gasteiger partial charge in [0.25, 0.3) is 0 Å². The third-order valence-corrected chi connectivity index (χ3v) is 4.66. The topological polar surface area (TPSA) is 78.5 Å². The minimum atomic E-state index is -0.272. The normalized spacial score (nSPS) is 15.6. The van der Waals surface area contributed by atoms with Crippen LogP contribution in [-0.2, 0) is 20.8 Å². The summed E-state index contributed by atoms with van der Waals surface area (Å²) in [5.74, 6) is -0.382. The molecule has 2 aromatic carbocycles. The fourth-order valence-electron chi connectivity index (χ4n) is 3.51. The van der Waals surface area contributed by atoms with Crippen molar-refractivity contribution in [3.05, 3.63) is 59.7 Å². The van der Waals surface area contributed by atoms with Gasteiger partial charge in [-0.2, -0.15) is 0 Å². The molecule has 6 heteroatoms. The van der Waals surface area contributed by atoms with Crippen LogP contribution in [0, 0.1) is 0 Å². The Bertz CT molecular complexity index is 878. The molecule has 1 unspecified atom stereocenters. The van der Waals surface area contributed by atoms with Crippen molar-refractivity contribution in [3.63, 3.8) is 0 Å². The molecule has 3 amide bonds. The van der Waals surface area contributed by atoms with Crippen LogP contribution >= 0.6 is 0 Å². The molecule has 1 aliphatic rings. The third-order valence-electron chi connectivity index (χ3n) is 4.66. The van der Waals surface area contributed by atoms with E-state index in [-0.39, 0.29) is 30.2 Å². The molecule has 0 fully saturated rings. The predicted octanol–water partition coefficient (Wildman–Crippen LogP) is 3.12. The molecule has 6 nitrogen and oxygen atoms in total. The number of anilines is 2. The van der Waals surface area contributed by atoms with Crippen molar-refractivity contribution in [1.82, 2.24) is 4.90 Å². The number of hydrogen-bond donors (Lipinski definition) is 2. The second-order valence-corrected chi connectivity index (χ2v) is 6.69. The van der Waals surface area contributed by atoms with Crippen LogP contribution in [0.1, 0.15) is 37.4 Å². The van der Waals surface area contributed by atoms with Crippen LogP contribution < -0.4 is 10.6 Å². The quantitative estimate of drug-likeness (QED) is 0.874. The summed E-state index contributed by atoms with van der Waals surface area (Å²) in [6.07, 6.45) is 0.980. The van der Waals surface area contributed by atoms with Crippen molar-refractivity contribution >= 4 is 29.1 Å². The van der Waals surface area contributed by atoms with Crippen LogP contribution in [0.2, 0.25) is 0 Å². The number of carbonyl (C=O) groups excluding carboxylic acids is 3. The lowest BCUT2D eigenvalue weighted by atomic mass is 9.90. The lowest BCUT2D eigenvalue weighted by molar-refractivity contribution is -0.132. The van der Waals surface area contributed by atoms with E-state index >= 15 is 0 Å². The first-order valence-corrected chi connectivity index (χ1v) is 8.96. The zero-order valence-electron chi connectivity index (χ0n) is 15.5. The highest BCUT2D eigenvalue weighted by Crippen LogP contribution is 2.32. The Morgan fingerprint density at radius 3 is 2.41 bits per heavy atom. The van der Waals surface area contributed by atoms with Crippen molar-refractivity contribution in [2.75, 3.05) is 17.2 Å². The lowest BCUT2D eigenvalue weighted by Gasteiger charge is -2.36. The summed E-state index contributed by atoms with van der Waals surface area (Å²) < 4.78 is 0. The van der Waals surface area contributed by atoms with Gasteiger partial charge in [-0.15, -0.1) is 0 Å². The minimum Gasteiger partial charge on any atom is -0.335 e. The molecule has 1 aliphatic heterocycles. The van der Waals surface area contributed by atoms with E-state index in [9.17, 15) is 14.4 Å². The Hall–Kier alpha value is -3.15. The van der Waals surface area contributed by atoms with Crippen LogP contribution in [-0.4, -0.2) is 29.2 Å². The Kier molecular flexibility index (Phi) is 5.54. The Morgan fingerprint density at radius 2 is 1.70 bits per heavy atom.